The van der Waals surface area contributed by atoms with Gasteiger partial charge in [-0.2, -0.15) is 0 Å². The molecule has 17 heavy (non-hydrogen) atoms. The summed E-state index contributed by atoms with van der Waals surface area (Å²) in [5.74, 6) is 0.857. The van der Waals surface area contributed by atoms with E-state index >= 15 is 0 Å². The molecule has 1 saturated carbocycles. The molecule has 2 aliphatic rings. The van der Waals surface area contributed by atoms with Gasteiger partial charge < -0.3 is 10.6 Å². The van der Waals surface area contributed by atoms with Crippen LogP contribution in [0.4, 0.5) is 0 Å². The molecule has 0 radical (unpaired) electrons. The van der Waals surface area contributed by atoms with E-state index in [9.17, 15) is 4.79 Å². The van der Waals surface area contributed by atoms with Gasteiger partial charge in [-0.1, -0.05) is 24.3 Å². The molecule has 1 amide bonds. The number of carbonyl (C=O) groups is 1. The van der Waals surface area contributed by atoms with Gasteiger partial charge in [0.25, 0.3) is 0 Å². The molecular formula is C14H18N2O. The maximum atomic E-state index is 11.7. The van der Waals surface area contributed by atoms with Gasteiger partial charge in [-0.15, -0.1) is 0 Å². The van der Waals surface area contributed by atoms with E-state index in [1.807, 2.05) is 18.0 Å². The van der Waals surface area contributed by atoms with Crippen LogP contribution in [-0.4, -0.2) is 23.9 Å². The van der Waals surface area contributed by atoms with Gasteiger partial charge in [0.05, 0.1) is 6.04 Å². The largest absolute Gasteiger partial charge is 0.337 e. The summed E-state index contributed by atoms with van der Waals surface area (Å²) < 4.78 is 0. The van der Waals surface area contributed by atoms with Crippen LogP contribution in [0.25, 0.3) is 0 Å². The maximum Gasteiger partial charge on any atom is 0.224 e. The third-order valence-corrected chi connectivity index (χ3v) is 3.96. The van der Waals surface area contributed by atoms with Crippen LogP contribution in [0.2, 0.25) is 0 Å². The average Bonchev–Trinajstić information content (AvgIpc) is 3.10. The Morgan fingerprint density at radius 1 is 1.24 bits per heavy atom. The standard InChI is InChI=1S/C14H18N2O/c1-16-13(17)8-12(15)14(16)11-5-3-2-4-10(11)9-6-7-9/h2-5,9,12,14H,6-8,15H2,1H3. The first kappa shape index (κ1) is 10.8. The Balaban J connectivity index is 2.00. The third-order valence-electron chi connectivity index (χ3n) is 3.96. The summed E-state index contributed by atoms with van der Waals surface area (Å²) >= 11 is 0. The van der Waals surface area contributed by atoms with Crippen LogP contribution < -0.4 is 5.73 Å². The van der Waals surface area contributed by atoms with Crippen LogP contribution in [0, 0.1) is 0 Å². The number of amides is 1. The van der Waals surface area contributed by atoms with Gasteiger partial charge in [-0.05, 0) is 29.9 Å². The number of hydrogen-bond donors (Lipinski definition) is 1. The first-order valence-corrected chi connectivity index (χ1v) is 6.28. The Hall–Kier alpha value is -1.35. The second kappa shape index (κ2) is 3.84. The van der Waals surface area contributed by atoms with Crippen molar-refractivity contribution in [2.75, 3.05) is 7.05 Å². The lowest BCUT2D eigenvalue weighted by Crippen LogP contribution is -2.31. The average molecular weight is 230 g/mol. The Morgan fingerprint density at radius 3 is 2.41 bits per heavy atom. The zero-order chi connectivity index (χ0) is 12.0. The lowest BCUT2D eigenvalue weighted by Gasteiger charge is -2.25. The van der Waals surface area contributed by atoms with Crippen LogP contribution in [-0.2, 0) is 4.79 Å². The van der Waals surface area contributed by atoms with Gasteiger partial charge in [0.1, 0.15) is 0 Å². The molecule has 0 spiro atoms. The van der Waals surface area contributed by atoms with Gasteiger partial charge in [0.2, 0.25) is 5.91 Å². The van der Waals surface area contributed by atoms with Crippen molar-refractivity contribution < 1.29 is 4.79 Å². The van der Waals surface area contributed by atoms with Crippen molar-refractivity contribution in [2.24, 2.45) is 5.73 Å². The monoisotopic (exact) mass is 230 g/mol. The fraction of sp³-hybridized carbons (Fsp3) is 0.500. The van der Waals surface area contributed by atoms with Crippen LogP contribution in [0.5, 0.6) is 0 Å². The lowest BCUT2D eigenvalue weighted by molar-refractivity contribution is -0.127. The predicted octanol–water partition coefficient (Wildman–Crippen LogP) is 1.79. The molecule has 2 atom stereocenters. The summed E-state index contributed by atoms with van der Waals surface area (Å²) in [5, 5.41) is 0. The van der Waals surface area contributed by atoms with E-state index in [1.165, 1.54) is 24.0 Å². The molecule has 0 aromatic heterocycles. The minimum atomic E-state index is -0.0626. The van der Waals surface area contributed by atoms with E-state index in [1.54, 1.807) is 0 Å². The van der Waals surface area contributed by atoms with E-state index < -0.39 is 0 Å². The summed E-state index contributed by atoms with van der Waals surface area (Å²) in [4.78, 5) is 13.5. The molecule has 2 fully saturated rings. The number of benzene rings is 1. The minimum absolute atomic E-state index is 0.0626. The molecule has 1 heterocycles. The summed E-state index contributed by atoms with van der Waals surface area (Å²) in [7, 11) is 1.86. The van der Waals surface area contributed by atoms with Gasteiger partial charge in [-0.3, -0.25) is 4.79 Å². The van der Waals surface area contributed by atoms with E-state index in [4.69, 9.17) is 5.73 Å². The van der Waals surface area contributed by atoms with Gasteiger partial charge in [0.15, 0.2) is 0 Å². The van der Waals surface area contributed by atoms with E-state index in [0.29, 0.717) is 12.3 Å². The molecule has 3 rings (SSSR count). The summed E-state index contributed by atoms with van der Waals surface area (Å²) in [5.41, 5.74) is 8.78. The molecule has 1 aliphatic carbocycles. The predicted molar refractivity (Wildman–Crippen MR) is 66.5 cm³/mol. The number of nitrogens with zero attached hydrogens (tertiary/aromatic N) is 1. The first-order chi connectivity index (χ1) is 8.18. The number of likely N-dealkylation sites (N-methyl/N-ethyl adjacent to an activating group) is 1. The third kappa shape index (κ3) is 1.75. The highest BCUT2D eigenvalue weighted by atomic mass is 16.2. The first-order valence-electron chi connectivity index (χ1n) is 6.28. The van der Waals surface area contributed by atoms with Crippen molar-refractivity contribution >= 4 is 5.91 Å². The van der Waals surface area contributed by atoms with Crippen molar-refractivity contribution in [1.29, 1.82) is 0 Å². The molecule has 1 aromatic carbocycles. The van der Waals surface area contributed by atoms with Crippen molar-refractivity contribution in [2.45, 2.75) is 37.3 Å². The van der Waals surface area contributed by atoms with Gasteiger partial charge >= 0.3 is 0 Å². The quantitative estimate of drug-likeness (QED) is 0.842. The van der Waals surface area contributed by atoms with Crippen molar-refractivity contribution in [1.82, 2.24) is 4.90 Å². The zero-order valence-corrected chi connectivity index (χ0v) is 10.1. The second-order valence-corrected chi connectivity index (χ2v) is 5.22. The zero-order valence-electron chi connectivity index (χ0n) is 10.1. The Morgan fingerprint density at radius 2 is 1.88 bits per heavy atom. The lowest BCUT2D eigenvalue weighted by atomic mass is 9.93. The van der Waals surface area contributed by atoms with Crippen molar-refractivity contribution in [3.05, 3.63) is 35.4 Å². The van der Waals surface area contributed by atoms with Gasteiger partial charge in [0, 0.05) is 19.5 Å². The molecule has 1 saturated heterocycles. The molecule has 2 N–H and O–H groups in total. The fourth-order valence-electron chi connectivity index (χ4n) is 2.89. The topological polar surface area (TPSA) is 46.3 Å². The van der Waals surface area contributed by atoms with Gasteiger partial charge in [-0.25, -0.2) is 0 Å². The van der Waals surface area contributed by atoms with E-state index in [-0.39, 0.29) is 18.0 Å². The van der Waals surface area contributed by atoms with Crippen LogP contribution >= 0.6 is 0 Å². The van der Waals surface area contributed by atoms with E-state index in [0.717, 1.165) is 0 Å². The molecule has 3 heteroatoms. The number of likely N-dealkylation sites (tertiary alicyclic amines) is 1. The Kier molecular flexibility index (Phi) is 2.44. The highest BCUT2D eigenvalue weighted by Crippen LogP contribution is 2.45. The maximum absolute atomic E-state index is 11.7. The molecule has 2 unspecified atom stereocenters. The number of rotatable bonds is 2. The molecule has 3 nitrogen and oxygen atoms in total. The van der Waals surface area contributed by atoms with Crippen LogP contribution in [0.15, 0.2) is 24.3 Å². The van der Waals surface area contributed by atoms with E-state index in [2.05, 4.69) is 18.2 Å². The number of nitrogens with two attached hydrogens (primary N) is 1. The van der Waals surface area contributed by atoms with Crippen molar-refractivity contribution in [3.63, 3.8) is 0 Å². The highest BCUT2D eigenvalue weighted by Gasteiger charge is 2.39. The summed E-state index contributed by atoms with van der Waals surface area (Å²) in [6, 6.07) is 8.46. The molecule has 0 bridgehead atoms. The Labute approximate surface area is 102 Å². The van der Waals surface area contributed by atoms with Crippen molar-refractivity contribution in [3.8, 4) is 0 Å². The molecule has 90 valence electrons. The fourth-order valence-corrected chi connectivity index (χ4v) is 2.89. The number of carbonyl (C=O) groups excluding carboxylic acids is 1. The normalized spacial score (nSPS) is 28.8. The van der Waals surface area contributed by atoms with Crippen LogP contribution in [0.1, 0.15) is 42.3 Å². The summed E-state index contributed by atoms with van der Waals surface area (Å²) in [6.07, 6.45) is 3.02. The minimum Gasteiger partial charge on any atom is -0.337 e. The van der Waals surface area contributed by atoms with Crippen LogP contribution in [0.3, 0.4) is 0 Å². The SMILES string of the molecule is CN1C(=O)CC(N)C1c1ccccc1C1CC1. The molecule has 1 aromatic rings. The second-order valence-electron chi connectivity index (χ2n) is 5.22. The highest BCUT2D eigenvalue weighted by molar-refractivity contribution is 5.80. The molecular weight excluding hydrogens is 212 g/mol. The number of hydrogen-bond acceptors (Lipinski definition) is 2. The smallest absolute Gasteiger partial charge is 0.224 e. The molecule has 1 aliphatic heterocycles. The Bertz CT molecular complexity index is 453. The summed E-state index contributed by atoms with van der Waals surface area (Å²) in [6.45, 7) is 0.